The molecule has 1 aromatic rings. The third-order valence-electron chi connectivity index (χ3n) is 2.29. The Hall–Kier alpha value is -0.840. The van der Waals surface area contributed by atoms with E-state index in [0.717, 1.165) is 17.9 Å². The van der Waals surface area contributed by atoms with Crippen molar-refractivity contribution in [3.63, 3.8) is 0 Å². The van der Waals surface area contributed by atoms with Gasteiger partial charge in [-0.1, -0.05) is 18.2 Å². The maximum absolute atomic E-state index is 5.97. The number of ether oxygens (including phenoxy) is 1. The Morgan fingerprint density at radius 2 is 2.31 bits per heavy atom. The summed E-state index contributed by atoms with van der Waals surface area (Å²) in [7, 11) is 0. The van der Waals surface area contributed by atoms with Crippen molar-refractivity contribution in [2.24, 2.45) is 0 Å². The smallest absolute Gasteiger partial charge is 0.223 e. The standard InChI is InChI=1S/C10H11Cl2N3O/c1-7-5-15(2-3-16-7)6-8-4-13-10(12)14-9(8)11/h4H,1-3,5-6H2. The van der Waals surface area contributed by atoms with Crippen molar-refractivity contribution in [2.75, 3.05) is 19.7 Å². The van der Waals surface area contributed by atoms with Crippen molar-refractivity contribution >= 4 is 23.2 Å². The summed E-state index contributed by atoms with van der Waals surface area (Å²) in [6, 6.07) is 0. The van der Waals surface area contributed by atoms with Gasteiger partial charge in [-0.15, -0.1) is 0 Å². The van der Waals surface area contributed by atoms with E-state index in [4.69, 9.17) is 27.9 Å². The van der Waals surface area contributed by atoms with Gasteiger partial charge in [-0.05, 0) is 11.6 Å². The molecule has 1 aliphatic heterocycles. The van der Waals surface area contributed by atoms with Crippen molar-refractivity contribution in [3.05, 3.63) is 34.5 Å². The van der Waals surface area contributed by atoms with Crippen LogP contribution in [0.4, 0.5) is 0 Å². The molecule has 0 amide bonds. The molecule has 1 saturated heterocycles. The van der Waals surface area contributed by atoms with Crippen molar-refractivity contribution < 1.29 is 4.74 Å². The molecule has 0 radical (unpaired) electrons. The SMILES string of the molecule is C=C1CN(Cc2cnc(Cl)nc2Cl)CCO1. The minimum absolute atomic E-state index is 0.167. The molecule has 0 aliphatic carbocycles. The fraction of sp³-hybridized carbons (Fsp3) is 0.400. The molecule has 86 valence electrons. The van der Waals surface area contributed by atoms with Gasteiger partial charge < -0.3 is 4.74 Å². The maximum atomic E-state index is 5.97. The molecule has 6 heteroatoms. The number of aromatic nitrogens is 2. The summed E-state index contributed by atoms with van der Waals surface area (Å²) in [5.74, 6) is 0.775. The highest BCUT2D eigenvalue weighted by Crippen LogP contribution is 2.18. The molecule has 0 spiro atoms. The van der Waals surface area contributed by atoms with Gasteiger partial charge in [0.05, 0.1) is 6.54 Å². The summed E-state index contributed by atoms with van der Waals surface area (Å²) in [6.07, 6.45) is 1.65. The Balaban J connectivity index is 2.05. The van der Waals surface area contributed by atoms with Crippen molar-refractivity contribution in [1.82, 2.24) is 14.9 Å². The minimum Gasteiger partial charge on any atom is -0.496 e. The zero-order valence-corrected chi connectivity index (χ0v) is 10.1. The quantitative estimate of drug-likeness (QED) is 0.603. The lowest BCUT2D eigenvalue weighted by molar-refractivity contribution is 0.0906. The lowest BCUT2D eigenvalue weighted by Crippen LogP contribution is -2.34. The number of rotatable bonds is 2. The lowest BCUT2D eigenvalue weighted by Gasteiger charge is -2.28. The molecular formula is C10H11Cl2N3O. The number of morpholine rings is 1. The van der Waals surface area contributed by atoms with Crippen LogP contribution < -0.4 is 0 Å². The average Bonchev–Trinajstić information content (AvgIpc) is 2.22. The molecule has 0 saturated carbocycles. The first-order valence-electron chi connectivity index (χ1n) is 4.85. The number of hydrogen-bond acceptors (Lipinski definition) is 4. The van der Waals surface area contributed by atoms with E-state index in [9.17, 15) is 0 Å². The molecular weight excluding hydrogens is 249 g/mol. The fourth-order valence-corrected chi connectivity index (χ4v) is 1.91. The Bertz CT molecular complexity index is 411. The van der Waals surface area contributed by atoms with Crippen LogP contribution in [0.2, 0.25) is 10.4 Å². The van der Waals surface area contributed by atoms with E-state index in [2.05, 4.69) is 21.4 Å². The molecule has 4 nitrogen and oxygen atoms in total. The summed E-state index contributed by atoms with van der Waals surface area (Å²) >= 11 is 11.6. The van der Waals surface area contributed by atoms with Gasteiger partial charge in [-0.3, -0.25) is 4.90 Å². The molecule has 0 N–H and O–H groups in total. The van der Waals surface area contributed by atoms with Gasteiger partial charge >= 0.3 is 0 Å². The Kier molecular flexibility index (Phi) is 3.63. The number of halogens is 2. The summed E-state index contributed by atoms with van der Waals surface area (Å²) in [5, 5.41) is 0.567. The third kappa shape index (κ3) is 2.84. The molecule has 0 bridgehead atoms. The first-order chi connectivity index (χ1) is 7.65. The van der Waals surface area contributed by atoms with Crippen molar-refractivity contribution in [3.8, 4) is 0 Å². The van der Waals surface area contributed by atoms with Gasteiger partial charge in [0.2, 0.25) is 5.28 Å². The maximum Gasteiger partial charge on any atom is 0.223 e. The second kappa shape index (κ2) is 4.99. The summed E-state index contributed by atoms with van der Waals surface area (Å²) in [6.45, 7) is 6.68. The second-order valence-electron chi connectivity index (χ2n) is 3.55. The Labute approximate surface area is 104 Å². The molecule has 16 heavy (non-hydrogen) atoms. The lowest BCUT2D eigenvalue weighted by atomic mass is 10.3. The first kappa shape index (κ1) is 11.6. The molecule has 1 aliphatic rings. The van der Waals surface area contributed by atoms with E-state index in [1.54, 1.807) is 6.20 Å². The fourth-order valence-electron chi connectivity index (χ4n) is 1.54. The van der Waals surface area contributed by atoms with Gasteiger partial charge in [-0.2, -0.15) is 0 Å². The first-order valence-corrected chi connectivity index (χ1v) is 5.60. The van der Waals surface area contributed by atoms with Crippen LogP contribution in [0.15, 0.2) is 18.5 Å². The van der Waals surface area contributed by atoms with Crippen LogP contribution in [-0.2, 0) is 11.3 Å². The van der Waals surface area contributed by atoms with Crippen LogP contribution in [0, 0.1) is 0 Å². The van der Waals surface area contributed by atoms with E-state index in [0.29, 0.717) is 24.8 Å². The molecule has 2 rings (SSSR count). The monoisotopic (exact) mass is 259 g/mol. The predicted octanol–water partition coefficient (Wildman–Crippen LogP) is 2.13. The highest BCUT2D eigenvalue weighted by molar-refractivity contribution is 6.32. The topological polar surface area (TPSA) is 38.2 Å². The Morgan fingerprint density at radius 1 is 1.50 bits per heavy atom. The highest BCUT2D eigenvalue weighted by Gasteiger charge is 2.15. The molecule has 0 unspecified atom stereocenters. The molecule has 0 atom stereocenters. The van der Waals surface area contributed by atoms with E-state index < -0.39 is 0 Å². The summed E-state index contributed by atoms with van der Waals surface area (Å²) < 4.78 is 5.27. The zero-order valence-electron chi connectivity index (χ0n) is 8.62. The van der Waals surface area contributed by atoms with Gasteiger partial charge in [0.1, 0.15) is 17.5 Å². The van der Waals surface area contributed by atoms with E-state index in [-0.39, 0.29) is 5.28 Å². The van der Waals surface area contributed by atoms with Gasteiger partial charge in [0, 0.05) is 24.8 Å². The van der Waals surface area contributed by atoms with Crippen LogP contribution in [0.25, 0.3) is 0 Å². The molecule has 2 heterocycles. The third-order valence-corrected chi connectivity index (χ3v) is 2.80. The van der Waals surface area contributed by atoms with Gasteiger partial charge in [-0.25, -0.2) is 9.97 Å². The van der Waals surface area contributed by atoms with Crippen LogP contribution in [0.1, 0.15) is 5.56 Å². The van der Waals surface area contributed by atoms with Crippen LogP contribution in [0.5, 0.6) is 0 Å². The molecule has 1 fully saturated rings. The number of nitrogens with zero attached hydrogens (tertiary/aromatic N) is 3. The van der Waals surface area contributed by atoms with Crippen molar-refractivity contribution in [2.45, 2.75) is 6.54 Å². The number of hydrogen-bond donors (Lipinski definition) is 0. The second-order valence-corrected chi connectivity index (χ2v) is 4.25. The van der Waals surface area contributed by atoms with Crippen LogP contribution in [0.3, 0.4) is 0 Å². The van der Waals surface area contributed by atoms with E-state index >= 15 is 0 Å². The largest absolute Gasteiger partial charge is 0.496 e. The Morgan fingerprint density at radius 3 is 3.00 bits per heavy atom. The van der Waals surface area contributed by atoms with Gasteiger partial charge in [0.25, 0.3) is 0 Å². The van der Waals surface area contributed by atoms with Crippen LogP contribution >= 0.6 is 23.2 Å². The van der Waals surface area contributed by atoms with Crippen LogP contribution in [-0.4, -0.2) is 34.6 Å². The zero-order chi connectivity index (χ0) is 11.5. The molecule has 0 aromatic carbocycles. The normalized spacial score (nSPS) is 17.2. The molecule has 1 aromatic heterocycles. The van der Waals surface area contributed by atoms with Gasteiger partial charge in [0.15, 0.2) is 0 Å². The summed E-state index contributed by atoms with van der Waals surface area (Å²) in [5.41, 5.74) is 0.862. The van der Waals surface area contributed by atoms with E-state index in [1.807, 2.05) is 0 Å². The van der Waals surface area contributed by atoms with E-state index in [1.165, 1.54) is 0 Å². The minimum atomic E-state index is 0.167. The summed E-state index contributed by atoms with van der Waals surface area (Å²) in [4.78, 5) is 9.98. The average molecular weight is 260 g/mol. The highest BCUT2D eigenvalue weighted by atomic mass is 35.5. The van der Waals surface area contributed by atoms with Crippen molar-refractivity contribution in [1.29, 1.82) is 0 Å². The predicted molar refractivity (Wildman–Crippen MR) is 62.4 cm³/mol.